The lowest BCUT2D eigenvalue weighted by Crippen LogP contribution is -2.29. The third kappa shape index (κ3) is 3.28. The SMILES string of the molecule is O=C(NCCC1CCCCO1)c1cscn1. The number of rotatable bonds is 4. The molecule has 1 fully saturated rings. The first-order valence-corrected chi connectivity index (χ1v) is 6.58. The van der Waals surface area contributed by atoms with E-state index in [1.54, 1.807) is 10.9 Å². The van der Waals surface area contributed by atoms with Crippen LogP contribution in [0.15, 0.2) is 10.9 Å². The molecule has 2 rings (SSSR count). The zero-order valence-corrected chi connectivity index (χ0v) is 9.96. The second-order valence-corrected chi connectivity index (χ2v) is 4.63. The van der Waals surface area contributed by atoms with E-state index in [0.717, 1.165) is 19.4 Å². The lowest BCUT2D eigenvalue weighted by molar-refractivity contribution is 0.0117. The molecular formula is C11H16N2O2S. The van der Waals surface area contributed by atoms with Gasteiger partial charge in [0.2, 0.25) is 0 Å². The molecule has 1 aliphatic rings. The highest BCUT2D eigenvalue weighted by Gasteiger charge is 2.14. The Morgan fingerprint density at radius 2 is 2.56 bits per heavy atom. The first-order valence-electron chi connectivity index (χ1n) is 5.64. The van der Waals surface area contributed by atoms with Crippen LogP contribution < -0.4 is 5.32 Å². The molecule has 1 saturated heterocycles. The molecule has 0 aromatic carbocycles. The highest BCUT2D eigenvalue weighted by molar-refractivity contribution is 7.07. The number of carbonyl (C=O) groups is 1. The average molecular weight is 240 g/mol. The standard InChI is InChI=1S/C11H16N2O2S/c14-11(10-7-16-8-13-10)12-5-4-9-3-1-2-6-15-9/h7-9H,1-6H2,(H,12,14). The molecule has 0 radical (unpaired) electrons. The number of hydrogen-bond donors (Lipinski definition) is 1. The van der Waals surface area contributed by atoms with Crippen LogP contribution in [0.1, 0.15) is 36.2 Å². The van der Waals surface area contributed by atoms with Gasteiger partial charge in [-0.15, -0.1) is 11.3 Å². The van der Waals surface area contributed by atoms with Crippen molar-refractivity contribution in [2.75, 3.05) is 13.2 Å². The van der Waals surface area contributed by atoms with E-state index in [4.69, 9.17) is 4.74 Å². The van der Waals surface area contributed by atoms with Crippen LogP contribution in [0.2, 0.25) is 0 Å². The number of carbonyl (C=O) groups excluding carboxylic acids is 1. The van der Waals surface area contributed by atoms with Crippen LogP contribution in [0.5, 0.6) is 0 Å². The lowest BCUT2D eigenvalue weighted by Gasteiger charge is -2.22. The Hall–Kier alpha value is -0.940. The van der Waals surface area contributed by atoms with Crippen molar-refractivity contribution in [1.29, 1.82) is 0 Å². The van der Waals surface area contributed by atoms with Gasteiger partial charge in [-0.3, -0.25) is 4.79 Å². The minimum absolute atomic E-state index is 0.0861. The van der Waals surface area contributed by atoms with E-state index < -0.39 is 0 Å². The molecule has 1 unspecified atom stereocenters. The van der Waals surface area contributed by atoms with Gasteiger partial charge < -0.3 is 10.1 Å². The van der Waals surface area contributed by atoms with Crippen LogP contribution >= 0.6 is 11.3 Å². The Kier molecular flexibility index (Phi) is 4.30. The number of amides is 1. The van der Waals surface area contributed by atoms with E-state index in [9.17, 15) is 4.79 Å². The monoisotopic (exact) mass is 240 g/mol. The van der Waals surface area contributed by atoms with Crippen LogP contribution in [0.4, 0.5) is 0 Å². The summed E-state index contributed by atoms with van der Waals surface area (Å²) < 4.78 is 5.59. The van der Waals surface area contributed by atoms with Crippen molar-refractivity contribution < 1.29 is 9.53 Å². The fourth-order valence-corrected chi connectivity index (χ4v) is 2.33. The Labute approximate surface area is 99.0 Å². The zero-order chi connectivity index (χ0) is 11.2. The van der Waals surface area contributed by atoms with Gasteiger partial charge in [0.25, 0.3) is 5.91 Å². The predicted octanol–water partition coefficient (Wildman–Crippen LogP) is 1.83. The number of aromatic nitrogens is 1. The normalized spacial score (nSPS) is 20.6. The topological polar surface area (TPSA) is 51.2 Å². The summed E-state index contributed by atoms with van der Waals surface area (Å²) in [5, 5.41) is 4.61. The maximum absolute atomic E-state index is 11.5. The van der Waals surface area contributed by atoms with Crippen molar-refractivity contribution in [2.24, 2.45) is 0 Å². The molecule has 1 aromatic rings. The molecule has 1 aromatic heterocycles. The lowest BCUT2D eigenvalue weighted by atomic mass is 10.1. The highest BCUT2D eigenvalue weighted by atomic mass is 32.1. The van der Waals surface area contributed by atoms with Crippen molar-refractivity contribution in [1.82, 2.24) is 10.3 Å². The van der Waals surface area contributed by atoms with Crippen molar-refractivity contribution in [3.05, 3.63) is 16.6 Å². The molecule has 0 saturated carbocycles. The van der Waals surface area contributed by atoms with Gasteiger partial charge in [0.15, 0.2) is 0 Å². The zero-order valence-electron chi connectivity index (χ0n) is 9.15. The van der Waals surface area contributed by atoms with Gasteiger partial charge in [0.1, 0.15) is 5.69 Å². The molecule has 88 valence electrons. The van der Waals surface area contributed by atoms with Crippen LogP contribution in [-0.2, 0) is 4.74 Å². The minimum atomic E-state index is -0.0861. The molecule has 1 aliphatic heterocycles. The van der Waals surface area contributed by atoms with Crippen molar-refractivity contribution in [3.8, 4) is 0 Å². The molecular weight excluding hydrogens is 224 g/mol. The number of nitrogens with one attached hydrogen (secondary N) is 1. The molecule has 1 atom stereocenters. The largest absolute Gasteiger partial charge is 0.378 e. The number of ether oxygens (including phenoxy) is 1. The van der Waals surface area contributed by atoms with E-state index in [-0.39, 0.29) is 5.91 Å². The molecule has 1 N–H and O–H groups in total. The fourth-order valence-electron chi connectivity index (χ4n) is 1.80. The van der Waals surface area contributed by atoms with Crippen LogP contribution in [0, 0.1) is 0 Å². The van der Waals surface area contributed by atoms with E-state index in [1.165, 1.54) is 24.2 Å². The van der Waals surface area contributed by atoms with Crippen molar-refractivity contribution in [3.63, 3.8) is 0 Å². The molecule has 16 heavy (non-hydrogen) atoms. The third-order valence-electron chi connectivity index (χ3n) is 2.69. The quantitative estimate of drug-likeness (QED) is 0.873. The Morgan fingerprint density at radius 1 is 1.62 bits per heavy atom. The summed E-state index contributed by atoms with van der Waals surface area (Å²) in [6, 6.07) is 0. The van der Waals surface area contributed by atoms with Gasteiger partial charge in [-0.1, -0.05) is 0 Å². The predicted molar refractivity (Wildman–Crippen MR) is 62.7 cm³/mol. The summed E-state index contributed by atoms with van der Waals surface area (Å²) >= 11 is 1.43. The summed E-state index contributed by atoms with van der Waals surface area (Å²) in [6.07, 6.45) is 4.75. The van der Waals surface area contributed by atoms with E-state index in [0.29, 0.717) is 18.3 Å². The van der Waals surface area contributed by atoms with Gasteiger partial charge in [-0.25, -0.2) is 4.98 Å². The van der Waals surface area contributed by atoms with Gasteiger partial charge in [-0.2, -0.15) is 0 Å². The summed E-state index contributed by atoms with van der Waals surface area (Å²) in [6.45, 7) is 1.53. The number of thiazole rings is 1. The van der Waals surface area contributed by atoms with E-state index in [1.807, 2.05) is 0 Å². The number of hydrogen-bond acceptors (Lipinski definition) is 4. The molecule has 2 heterocycles. The van der Waals surface area contributed by atoms with Gasteiger partial charge in [0, 0.05) is 18.5 Å². The Balaban J connectivity index is 1.66. The molecule has 1 amide bonds. The highest BCUT2D eigenvalue weighted by Crippen LogP contribution is 2.14. The summed E-state index contributed by atoms with van der Waals surface area (Å²) in [5.41, 5.74) is 2.17. The Morgan fingerprint density at radius 3 is 3.25 bits per heavy atom. The summed E-state index contributed by atoms with van der Waals surface area (Å²) in [4.78, 5) is 15.5. The van der Waals surface area contributed by atoms with Gasteiger partial charge in [0.05, 0.1) is 11.6 Å². The van der Waals surface area contributed by atoms with E-state index in [2.05, 4.69) is 10.3 Å². The maximum Gasteiger partial charge on any atom is 0.270 e. The summed E-state index contributed by atoms with van der Waals surface area (Å²) in [5.74, 6) is -0.0861. The van der Waals surface area contributed by atoms with Crippen LogP contribution in [0.3, 0.4) is 0 Å². The van der Waals surface area contributed by atoms with Gasteiger partial charge in [-0.05, 0) is 25.7 Å². The van der Waals surface area contributed by atoms with Crippen LogP contribution in [-0.4, -0.2) is 30.1 Å². The minimum Gasteiger partial charge on any atom is -0.378 e. The first-order chi connectivity index (χ1) is 7.86. The van der Waals surface area contributed by atoms with Gasteiger partial charge >= 0.3 is 0 Å². The van der Waals surface area contributed by atoms with E-state index >= 15 is 0 Å². The second-order valence-electron chi connectivity index (χ2n) is 3.91. The molecule has 0 spiro atoms. The third-order valence-corrected chi connectivity index (χ3v) is 3.28. The maximum atomic E-state index is 11.5. The molecule has 4 nitrogen and oxygen atoms in total. The van der Waals surface area contributed by atoms with Crippen molar-refractivity contribution >= 4 is 17.2 Å². The summed E-state index contributed by atoms with van der Waals surface area (Å²) in [7, 11) is 0. The fraction of sp³-hybridized carbons (Fsp3) is 0.636. The molecule has 5 heteroatoms. The smallest absolute Gasteiger partial charge is 0.270 e. The second kappa shape index (κ2) is 5.96. The first kappa shape index (κ1) is 11.5. The van der Waals surface area contributed by atoms with Crippen LogP contribution in [0.25, 0.3) is 0 Å². The van der Waals surface area contributed by atoms with Crippen molar-refractivity contribution in [2.45, 2.75) is 31.8 Å². The molecule has 0 bridgehead atoms. The average Bonchev–Trinajstić information content (AvgIpc) is 2.84. The molecule has 0 aliphatic carbocycles. The number of nitrogens with zero attached hydrogens (tertiary/aromatic N) is 1. The Bertz CT molecular complexity index is 321.